The van der Waals surface area contributed by atoms with Crippen LogP contribution in [0.25, 0.3) is 0 Å². The highest BCUT2D eigenvalue weighted by Crippen LogP contribution is 2.23. The highest BCUT2D eigenvalue weighted by atomic mass is 16.6. The highest BCUT2D eigenvalue weighted by Gasteiger charge is 2.40. The molecule has 0 radical (unpaired) electrons. The summed E-state index contributed by atoms with van der Waals surface area (Å²) in [6, 6.07) is 7.22. The van der Waals surface area contributed by atoms with Crippen LogP contribution in [0.2, 0.25) is 0 Å². The lowest BCUT2D eigenvalue weighted by Gasteiger charge is -2.31. The molecule has 0 aromatic heterocycles. The van der Waals surface area contributed by atoms with Gasteiger partial charge in [-0.2, -0.15) is 0 Å². The first-order valence-electron chi connectivity index (χ1n) is 9.65. The Bertz CT molecular complexity index is 696. The molecule has 0 saturated carbocycles. The number of rotatable bonds is 5. The molecule has 7 heteroatoms. The van der Waals surface area contributed by atoms with E-state index in [-0.39, 0.29) is 11.8 Å². The molecule has 1 N–H and O–H groups in total. The van der Waals surface area contributed by atoms with Crippen LogP contribution in [-0.2, 0) is 14.3 Å². The minimum atomic E-state index is -0.792. The first-order chi connectivity index (χ1) is 13.1. The Morgan fingerprint density at radius 3 is 2.36 bits per heavy atom. The van der Waals surface area contributed by atoms with Crippen LogP contribution in [0, 0.1) is 5.92 Å². The summed E-state index contributed by atoms with van der Waals surface area (Å²) in [4.78, 5) is 39.4. The molecule has 1 heterocycles. The number of carbonyl (C=O) groups is 3. The number of nitrogens with one attached hydrogen (secondary N) is 1. The van der Waals surface area contributed by atoms with Crippen molar-refractivity contribution < 1.29 is 23.9 Å². The maximum absolute atomic E-state index is 13.1. The zero-order valence-corrected chi connectivity index (χ0v) is 17.2. The molecule has 1 aliphatic heterocycles. The highest BCUT2D eigenvalue weighted by molar-refractivity contribution is 5.90. The van der Waals surface area contributed by atoms with Crippen molar-refractivity contribution in [3.8, 4) is 5.75 Å². The van der Waals surface area contributed by atoms with E-state index >= 15 is 0 Å². The summed E-state index contributed by atoms with van der Waals surface area (Å²) in [5.74, 6) is -0.487. The second-order valence-corrected chi connectivity index (χ2v) is 8.29. The predicted molar refractivity (Wildman–Crippen MR) is 105 cm³/mol. The summed E-state index contributed by atoms with van der Waals surface area (Å²) < 4.78 is 10.7. The van der Waals surface area contributed by atoms with Crippen molar-refractivity contribution in [3.05, 3.63) is 30.3 Å². The van der Waals surface area contributed by atoms with Gasteiger partial charge in [0.2, 0.25) is 5.91 Å². The molecule has 7 nitrogen and oxygen atoms in total. The van der Waals surface area contributed by atoms with Crippen molar-refractivity contribution >= 4 is 18.0 Å². The van der Waals surface area contributed by atoms with Gasteiger partial charge in [0.25, 0.3) is 0 Å². The second kappa shape index (κ2) is 9.08. The van der Waals surface area contributed by atoms with Crippen LogP contribution in [0.1, 0.15) is 47.5 Å². The number of para-hydroxylation sites is 1. The molecule has 28 heavy (non-hydrogen) atoms. The Balaban J connectivity index is 2.06. The van der Waals surface area contributed by atoms with Gasteiger partial charge in [0.1, 0.15) is 23.4 Å². The lowest BCUT2D eigenvalue weighted by molar-refractivity contribution is -0.163. The van der Waals surface area contributed by atoms with Crippen LogP contribution in [-0.4, -0.2) is 47.1 Å². The molecule has 0 spiro atoms. The number of likely N-dealkylation sites (tertiary alicyclic amines) is 1. The summed E-state index contributed by atoms with van der Waals surface area (Å²) in [7, 11) is 0. The van der Waals surface area contributed by atoms with E-state index in [0.29, 0.717) is 18.7 Å². The Morgan fingerprint density at radius 2 is 1.79 bits per heavy atom. The third-order valence-corrected chi connectivity index (χ3v) is 4.37. The minimum Gasteiger partial charge on any atom is -0.458 e. The summed E-state index contributed by atoms with van der Waals surface area (Å²) in [5, 5.41) is 2.64. The van der Waals surface area contributed by atoms with Crippen molar-refractivity contribution in [2.45, 2.75) is 65.1 Å². The maximum Gasteiger partial charge on any atom is 0.413 e. The van der Waals surface area contributed by atoms with Crippen LogP contribution < -0.4 is 10.1 Å². The van der Waals surface area contributed by atoms with Crippen molar-refractivity contribution in [1.29, 1.82) is 0 Å². The molecular formula is C21H30N2O5. The van der Waals surface area contributed by atoms with Crippen LogP contribution in [0.3, 0.4) is 0 Å². The van der Waals surface area contributed by atoms with Gasteiger partial charge >= 0.3 is 12.1 Å². The molecule has 154 valence electrons. The van der Waals surface area contributed by atoms with Gasteiger partial charge in [-0.25, -0.2) is 9.59 Å². The average Bonchev–Trinajstić information content (AvgIpc) is 3.08. The third kappa shape index (κ3) is 5.97. The molecule has 1 aliphatic rings. The van der Waals surface area contributed by atoms with Gasteiger partial charge < -0.3 is 19.7 Å². The summed E-state index contributed by atoms with van der Waals surface area (Å²) in [6.45, 7) is 9.52. The lowest BCUT2D eigenvalue weighted by Crippen LogP contribution is -2.54. The molecule has 1 fully saturated rings. The van der Waals surface area contributed by atoms with E-state index in [1.807, 2.05) is 19.9 Å². The molecule has 0 unspecified atom stereocenters. The SMILES string of the molecule is CC(C)[C@H](NC(=O)Oc1ccccc1)C(=O)N1CCC[C@H]1C(=O)OC(C)(C)C. The van der Waals surface area contributed by atoms with Crippen molar-refractivity contribution in [1.82, 2.24) is 10.2 Å². The lowest BCUT2D eigenvalue weighted by atomic mass is 10.0. The van der Waals surface area contributed by atoms with Gasteiger partial charge in [0.15, 0.2) is 0 Å². The van der Waals surface area contributed by atoms with Gasteiger partial charge in [-0.15, -0.1) is 0 Å². The number of hydrogen-bond acceptors (Lipinski definition) is 5. The van der Waals surface area contributed by atoms with Crippen molar-refractivity contribution in [3.63, 3.8) is 0 Å². The normalized spacial score (nSPS) is 17.9. The van der Waals surface area contributed by atoms with Crippen molar-refractivity contribution in [2.24, 2.45) is 5.92 Å². The number of hydrogen-bond donors (Lipinski definition) is 1. The van der Waals surface area contributed by atoms with E-state index in [9.17, 15) is 14.4 Å². The average molecular weight is 390 g/mol. The van der Waals surface area contributed by atoms with E-state index in [1.54, 1.807) is 45.0 Å². The quantitative estimate of drug-likeness (QED) is 0.781. The first kappa shape index (κ1) is 21.7. The number of amides is 2. The fourth-order valence-corrected chi connectivity index (χ4v) is 3.09. The standard InChI is InChI=1S/C21H30N2O5/c1-14(2)17(22-20(26)27-15-10-7-6-8-11-15)18(24)23-13-9-12-16(23)19(25)28-21(3,4)5/h6-8,10-11,14,16-17H,9,12-13H2,1-5H3,(H,22,26)/t16-,17-/m0/s1. The van der Waals surface area contributed by atoms with E-state index < -0.39 is 29.7 Å². The van der Waals surface area contributed by atoms with Crippen LogP contribution in [0.4, 0.5) is 4.79 Å². The molecule has 1 aromatic rings. The third-order valence-electron chi connectivity index (χ3n) is 4.37. The summed E-state index contributed by atoms with van der Waals surface area (Å²) in [5.41, 5.74) is -0.621. The number of esters is 1. The zero-order valence-electron chi connectivity index (χ0n) is 17.2. The zero-order chi connectivity index (χ0) is 20.9. The molecule has 2 rings (SSSR count). The molecule has 2 atom stereocenters. The molecule has 0 bridgehead atoms. The van der Waals surface area contributed by atoms with Crippen molar-refractivity contribution in [2.75, 3.05) is 6.54 Å². The molecule has 2 amide bonds. The number of nitrogens with zero attached hydrogens (tertiary/aromatic N) is 1. The van der Waals surface area contributed by atoms with Gasteiger partial charge in [-0.05, 0) is 51.7 Å². The topological polar surface area (TPSA) is 84.9 Å². The number of ether oxygens (including phenoxy) is 2. The van der Waals surface area contributed by atoms with Gasteiger partial charge in [0, 0.05) is 6.54 Å². The van der Waals surface area contributed by atoms with Gasteiger partial charge in [-0.1, -0.05) is 32.0 Å². The molecule has 0 aliphatic carbocycles. The fourth-order valence-electron chi connectivity index (χ4n) is 3.09. The second-order valence-electron chi connectivity index (χ2n) is 8.29. The smallest absolute Gasteiger partial charge is 0.413 e. The van der Waals surface area contributed by atoms with E-state index in [4.69, 9.17) is 9.47 Å². The summed E-state index contributed by atoms with van der Waals surface area (Å²) in [6.07, 6.45) is 0.570. The van der Waals surface area contributed by atoms with Gasteiger partial charge in [0.05, 0.1) is 0 Å². The van der Waals surface area contributed by atoms with E-state index in [0.717, 1.165) is 6.42 Å². The first-order valence-corrected chi connectivity index (χ1v) is 9.65. The summed E-state index contributed by atoms with van der Waals surface area (Å²) >= 11 is 0. The molecule has 1 aromatic carbocycles. The monoisotopic (exact) mass is 390 g/mol. The number of carbonyl (C=O) groups excluding carboxylic acids is 3. The van der Waals surface area contributed by atoms with E-state index in [1.165, 1.54) is 4.90 Å². The Morgan fingerprint density at radius 1 is 1.14 bits per heavy atom. The Kier molecular flexibility index (Phi) is 7.05. The Hall–Kier alpha value is -2.57. The van der Waals surface area contributed by atoms with Crippen LogP contribution >= 0.6 is 0 Å². The predicted octanol–water partition coefficient (Wildman–Crippen LogP) is 3.13. The fraction of sp³-hybridized carbons (Fsp3) is 0.571. The maximum atomic E-state index is 13.1. The van der Waals surface area contributed by atoms with Gasteiger partial charge in [-0.3, -0.25) is 4.79 Å². The Labute approximate surface area is 166 Å². The van der Waals surface area contributed by atoms with Crippen LogP contribution in [0.5, 0.6) is 5.75 Å². The molecule has 1 saturated heterocycles. The van der Waals surface area contributed by atoms with Crippen LogP contribution in [0.15, 0.2) is 30.3 Å². The number of benzene rings is 1. The molecular weight excluding hydrogens is 360 g/mol. The van der Waals surface area contributed by atoms with E-state index in [2.05, 4.69) is 5.32 Å². The largest absolute Gasteiger partial charge is 0.458 e. The minimum absolute atomic E-state index is 0.171.